The summed E-state index contributed by atoms with van der Waals surface area (Å²) >= 11 is 7.23. The van der Waals surface area contributed by atoms with Gasteiger partial charge in [-0.2, -0.15) is 0 Å². The van der Waals surface area contributed by atoms with E-state index < -0.39 is 5.97 Å². The van der Waals surface area contributed by atoms with E-state index in [9.17, 15) is 4.79 Å². The number of rotatable bonds is 4. The third-order valence-electron chi connectivity index (χ3n) is 2.68. The van der Waals surface area contributed by atoms with Crippen LogP contribution >= 0.6 is 22.9 Å². The van der Waals surface area contributed by atoms with Gasteiger partial charge in [-0.15, -0.1) is 11.3 Å². The number of aromatic carboxylic acids is 1. The molecule has 0 radical (unpaired) electrons. The molecule has 1 aromatic carbocycles. The normalized spacial score (nSPS) is 12.6. The molecule has 2 aromatic rings. The Morgan fingerprint density at radius 3 is 2.47 bits per heavy atom. The number of halogens is 1. The molecule has 1 N–H and O–H groups in total. The third kappa shape index (κ3) is 3.12. The first kappa shape index (κ1) is 14.0. The van der Waals surface area contributed by atoms with Crippen LogP contribution in [0.1, 0.15) is 27.1 Å². The standard InChI is InChI=1S/C13H13ClN2O2S/c1-16(2)11(8-3-5-9(14)6-4-8)12-15-10(7-19-12)13(17)18/h3-7,11H,1-2H3,(H,17,18). The average Bonchev–Trinajstić information content (AvgIpc) is 2.81. The smallest absolute Gasteiger partial charge is 0.355 e. The first-order valence-corrected chi connectivity index (χ1v) is 6.85. The monoisotopic (exact) mass is 296 g/mol. The van der Waals surface area contributed by atoms with Gasteiger partial charge in [0, 0.05) is 10.4 Å². The van der Waals surface area contributed by atoms with Crippen molar-refractivity contribution >= 4 is 28.9 Å². The van der Waals surface area contributed by atoms with Gasteiger partial charge in [0.15, 0.2) is 5.69 Å². The van der Waals surface area contributed by atoms with Gasteiger partial charge in [0.1, 0.15) is 5.01 Å². The Morgan fingerprint density at radius 1 is 1.37 bits per heavy atom. The molecule has 1 unspecified atom stereocenters. The summed E-state index contributed by atoms with van der Waals surface area (Å²) in [5.74, 6) is -1.00. The Bertz CT molecular complexity index is 581. The number of carboxylic acids is 1. The fourth-order valence-electron chi connectivity index (χ4n) is 1.82. The number of aromatic nitrogens is 1. The molecule has 0 saturated heterocycles. The minimum absolute atomic E-state index is 0.0737. The Morgan fingerprint density at radius 2 is 2.00 bits per heavy atom. The number of nitrogens with zero attached hydrogens (tertiary/aromatic N) is 2. The van der Waals surface area contributed by atoms with Crippen LogP contribution in [0.5, 0.6) is 0 Å². The van der Waals surface area contributed by atoms with Gasteiger partial charge in [-0.3, -0.25) is 4.90 Å². The largest absolute Gasteiger partial charge is 0.476 e. The summed E-state index contributed by atoms with van der Waals surface area (Å²) in [7, 11) is 3.86. The summed E-state index contributed by atoms with van der Waals surface area (Å²) in [5, 5.41) is 11.9. The molecule has 0 aliphatic rings. The van der Waals surface area contributed by atoms with Crippen LogP contribution in [0.25, 0.3) is 0 Å². The minimum atomic E-state index is -1.00. The summed E-state index contributed by atoms with van der Waals surface area (Å²) in [5.41, 5.74) is 1.11. The van der Waals surface area contributed by atoms with Gasteiger partial charge in [0.2, 0.25) is 0 Å². The van der Waals surface area contributed by atoms with Crippen molar-refractivity contribution in [2.24, 2.45) is 0 Å². The molecule has 0 aliphatic carbocycles. The summed E-state index contributed by atoms with van der Waals surface area (Å²) in [6.07, 6.45) is 0. The SMILES string of the molecule is CN(C)C(c1ccc(Cl)cc1)c1nc(C(=O)O)cs1. The molecule has 0 spiro atoms. The van der Waals surface area contributed by atoms with Gasteiger partial charge in [0.25, 0.3) is 0 Å². The summed E-state index contributed by atoms with van der Waals surface area (Å²) in [4.78, 5) is 17.1. The topological polar surface area (TPSA) is 53.4 Å². The summed E-state index contributed by atoms with van der Waals surface area (Å²) < 4.78 is 0. The lowest BCUT2D eigenvalue weighted by atomic mass is 10.1. The molecule has 0 fully saturated rings. The van der Waals surface area contributed by atoms with Gasteiger partial charge in [-0.1, -0.05) is 23.7 Å². The predicted octanol–water partition coefficient (Wildman–Crippen LogP) is 3.15. The van der Waals surface area contributed by atoms with Crippen molar-refractivity contribution in [2.45, 2.75) is 6.04 Å². The quantitative estimate of drug-likeness (QED) is 0.942. The van der Waals surface area contributed by atoms with Crippen LogP contribution in [-0.2, 0) is 0 Å². The molecule has 6 heteroatoms. The van der Waals surface area contributed by atoms with E-state index in [1.165, 1.54) is 11.3 Å². The van der Waals surface area contributed by atoms with Gasteiger partial charge in [-0.05, 0) is 31.8 Å². The minimum Gasteiger partial charge on any atom is -0.476 e. The molecule has 1 atom stereocenters. The Kier molecular flexibility index (Phi) is 4.19. The fourth-order valence-corrected chi connectivity index (χ4v) is 2.96. The van der Waals surface area contributed by atoms with E-state index in [-0.39, 0.29) is 11.7 Å². The van der Waals surface area contributed by atoms with Gasteiger partial charge >= 0.3 is 5.97 Å². The molecule has 0 saturated carbocycles. The van der Waals surface area contributed by atoms with Crippen molar-refractivity contribution in [2.75, 3.05) is 14.1 Å². The maximum atomic E-state index is 10.9. The Labute approximate surface area is 120 Å². The highest BCUT2D eigenvalue weighted by molar-refractivity contribution is 7.10. The zero-order valence-corrected chi connectivity index (χ0v) is 12.1. The van der Waals surface area contributed by atoms with E-state index in [2.05, 4.69) is 4.98 Å². The predicted molar refractivity (Wildman–Crippen MR) is 76.1 cm³/mol. The van der Waals surface area contributed by atoms with Crippen LogP contribution < -0.4 is 0 Å². The van der Waals surface area contributed by atoms with Crippen molar-refractivity contribution in [3.05, 3.63) is 50.9 Å². The zero-order valence-electron chi connectivity index (χ0n) is 10.5. The van der Waals surface area contributed by atoms with E-state index in [1.54, 1.807) is 5.38 Å². The lowest BCUT2D eigenvalue weighted by molar-refractivity contribution is 0.0691. The third-order valence-corrected chi connectivity index (χ3v) is 3.83. The highest BCUT2D eigenvalue weighted by atomic mass is 35.5. The second-order valence-corrected chi connectivity index (χ2v) is 5.62. The molecule has 100 valence electrons. The molecule has 4 nitrogen and oxygen atoms in total. The molecule has 0 aliphatic heterocycles. The van der Waals surface area contributed by atoms with Crippen molar-refractivity contribution < 1.29 is 9.90 Å². The maximum absolute atomic E-state index is 10.9. The number of hydrogen-bond donors (Lipinski definition) is 1. The Hall–Kier alpha value is -1.43. The van der Waals surface area contributed by atoms with Crippen molar-refractivity contribution in [1.82, 2.24) is 9.88 Å². The summed E-state index contributed by atoms with van der Waals surface area (Å²) in [6.45, 7) is 0. The van der Waals surface area contributed by atoms with Gasteiger partial charge < -0.3 is 5.11 Å². The van der Waals surface area contributed by atoms with Crippen molar-refractivity contribution in [1.29, 1.82) is 0 Å². The molecule has 1 aromatic heterocycles. The Balaban J connectivity index is 2.39. The number of carboxylic acid groups (broad SMARTS) is 1. The molecular weight excluding hydrogens is 284 g/mol. The molecule has 0 amide bonds. The van der Waals surface area contributed by atoms with Crippen molar-refractivity contribution in [3.63, 3.8) is 0 Å². The second kappa shape index (κ2) is 5.69. The number of benzene rings is 1. The maximum Gasteiger partial charge on any atom is 0.355 e. The van der Waals surface area contributed by atoms with Gasteiger partial charge in [0.05, 0.1) is 6.04 Å². The average molecular weight is 297 g/mol. The summed E-state index contributed by atoms with van der Waals surface area (Å²) in [6, 6.07) is 7.41. The number of hydrogen-bond acceptors (Lipinski definition) is 4. The van der Waals surface area contributed by atoms with E-state index >= 15 is 0 Å². The van der Waals surface area contributed by atoms with E-state index in [0.29, 0.717) is 5.02 Å². The first-order chi connectivity index (χ1) is 8.99. The fraction of sp³-hybridized carbons (Fsp3) is 0.231. The van der Waals surface area contributed by atoms with Crippen LogP contribution in [-0.4, -0.2) is 35.1 Å². The van der Waals surface area contributed by atoms with E-state index in [4.69, 9.17) is 16.7 Å². The van der Waals surface area contributed by atoms with Gasteiger partial charge in [-0.25, -0.2) is 9.78 Å². The van der Waals surface area contributed by atoms with Crippen LogP contribution in [0.3, 0.4) is 0 Å². The zero-order chi connectivity index (χ0) is 14.0. The highest BCUT2D eigenvalue weighted by Gasteiger charge is 2.21. The second-order valence-electron chi connectivity index (χ2n) is 4.29. The number of carbonyl (C=O) groups is 1. The highest BCUT2D eigenvalue weighted by Crippen LogP contribution is 2.29. The molecular formula is C13H13ClN2O2S. The van der Waals surface area contributed by atoms with Crippen LogP contribution in [0.4, 0.5) is 0 Å². The van der Waals surface area contributed by atoms with Crippen LogP contribution in [0, 0.1) is 0 Å². The number of thiazole rings is 1. The van der Waals surface area contributed by atoms with Crippen molar-refractivity contribution in [3.8, 4) is 0 Å². The lowest BCUT2D eigenvalue weighted by Gasteiger charge is -2.22. The molecule has 1 heterocycles. The molecule has 19 heavy (non-hydrogen) atoms. The molecule has 2 rings (SSSR count). The van der Waals surface area contributed by atoms with Crippen LogP contribution in [0.2, 0.25) is 5.02 Å². The van der Waals surface area contributed by atoms with E-state index in [1.807, 2.05) is 43.3 Å². The first-order valence-electron chi connectivity index (χ1n) is 5.59. The molecule has 0 bridgehead atoms. The lowest BCUT2D eigenvalue weighted by Crippen LogP contribution is -2.21. The van der Waals surface area contributed by atoms with Crippen LogP contribution in [0.15, 0.2) is 29.6 Å². The van der Waals surface area contributed by atoms with E-state index in [0.717, 1.165) is 10.6 Å².